The monoisotopic (exact) mass is 350 g/mol. The Labute approximate surface area is 148 Å². The Balaban J connectivity index is 1.55. The molecule has 25 heavy (non-hydrogen) atoms. The van der Waals surface area contributed by atoms with E-state index >= 15 is 0 Å². The Hall–Kier alpha value is -2.11. The zero-order chi connectivity index (χ0) is 18.1. The number of halogens is 1. The van der Waals surface area contributed by atoms with Crippen molar-refractivity contribution in [3.05, 3.63) is 30.1 Å². The van der Waals surface area contributed by atoms with Crippen LogP contribution >= 0.6 is 0 Å². The van der Waals surface area contributed by atoms with E-state index in [9.17, 15) is 14.0 Å². The van der Waals surface area contributed by atoms with Crippen LogP contribution in [-0.4, -0.2) is 43.0 Å². The lowest BCUT2D eigenvalue weighted by Gasteiger charge is -2.31. The highest BCUT2D eigenvalue weighted by molar-refractivity contribution is 5.79. The van der Waals surface area contributed by atoms with Crippen molar-refractivity contribution in [1.82, 2.24) is 10.2 Å². The van der Waals surface area contributed by atoms with E-state index < -0.39 is 5.82 Å². The summed E-state index contributed by atoms with van der Waals surface area (Å²) < 4.78 is 18.7. The molecule has 1 atom stereocenters. The molecule has 0 spiro atoms. The first kappa shape index (κ1) is 19.2. The first-order valence-electron chi connectivity index (χ1n) is 8.98. The quantitative estimate of drug-likeness (QED) is 0.734. The molecule has 1 heterocycles. The second-order valence-corrected chi connectivity index (χ2v) is 6.57. The van der Waals surface area contributed by atoms with Gasteiger partial charge in [0.2, 0.25) is 11.8 Å². The van der Waals surface area contributed by atoms with Gasteiger partial charge in [-0.25, -0.2) is 4.39 Å². The molecule has 0 bridgehead atoms. The van der Waals surface area contributed by atoms with E-state index in [1.165, 1.54) is 12.5 Å². The van der Waals surface area contributed by atoms with Crippen LogP contribution in [0.5, 0.6) is 5.75 Å². The smallest absolute Gasteiger partial charge is 0.224 e. The van der Waals surface area contributed by atoms with E-state index in [1.807, 2.05) is 4.90 Å². The summed E-state index contributed by atoms with van der Waals surface area (Å²) in [6.45, 7) is 4.44. The minimum atomic E-state index is -0.405. The Morgan fingerprint density at radius 2 is 2.12 bits per heavy atom. The van der Waals surface area contributed by atoms with E-state index in [1.54, 1.807) is 18.2 Å². The highest BCUT2D eigenvalue weighted by atomic mass is 19.1. The van der Waals surface area contributed by atoms with Gasteiger partial charge in [-0.3, -0.25) is 9.59 Å². The standard InChI is InChI=1S/C19H27FN2O3/c1-15-6-4-12-22(14-15)19(24)10-11-21-18(23)9-5-13-25-17-8-3-2-7-16(17)20/h2-3,7-8,15H,4-6,9-14H2,1H3,(H,21,23). The van der Waals surface area contributed by atoms with Crippen LogP contribution in [0.25, 0.3) is 0 Å². The van der Waals surface area contributed by atoms with Crippen molar-refractivity contribution in [3.8, 4) is 5.75 Å². The second kappa shape index (κ2) is 10.0. The Bertz CT molecular complexity index is 580. The van der Waals surface area contributed by atoms with Crippen LogP contribution in [0, 0.1) is 11.7 Å². The summed E-state index contributed by atoms with van der Waals surface area (Å²) in [4.78, 5) is 25.8. The third-order valence-corrected chi connectivity index (χ3v) is 4.31. The molecule has 1 aromatic rings. The highest BCUT2D eigenvalue weighted by Gasteiger charge is 2.20. The van der Waals surface area contributed by atoms with Gasteiger partial charge in [0.1, 0.15) is 0 Å². The molecule has 1 aliphatic heterocycles. The largest absolute Gasteiger partial charge is 0.491 e. The average molecular weight is 350 g/mol. The summed E-state index contributed by atoms with van der Waals surface area (Å²) in [5.41, 5.74) is 0. The van der Waals surface area contributed by atoms with Gasteiger partial charge in [-0.05, 0) is 37.3 Å². The summed E-state index contributed by atoms with van der Waals surface area (Å²) in [7, 11) is 0. The number of para-hydroxylation sites is 1. The van der Waals surface area contributed by atoms with E-state index in [-0.39, 0.29) is 24.2 Å². The number of carbonyl (C=O) groups is 2. The predicted molar refractivity (Wildman–Crippen MR) is 93.7 cm³/mol. The third-order valence-electron chi connectivity index (χ3n) is 4.31. The molecule has 0 radical (unpaired) electrons. The molecule has 1 aliphatic rings. The number of carbonyl (C=O) groups excluding carboxylic acids is 2. The molecule has 1 aromatic carbocycles. The van der Waals surface area contributed by atoms with Crippen molar-refractivity contribution < 1.29 is 18.7 Å². The van der Waals surface area contributed by atoms with E-state index in [4.69, 9.17) is 4.74 Å². The Kier molecular flexibility index (Phi) is 7.70. The highest BCUT2D eigenvalue weighted by Crippen LogP contribution is 2.16. The van der Waals surface area contributed by atoms with Crippen molar-refractivity contribution in [3.63, 3.8) is 0 Å². The van der Waals surface area contributed by atoms with Gasteiger partial charge >= 0.3 is 0 Å². The van der Waals surface area contributed by atoms with Gasteiger partial charge < -0.3 is 15.0 Å². The minimum Gasteiger partial charge on any atom is -0.491 e. The molecule has 5 nitrogen and oxygen atoms in total. The third kappa shape index (κ3) is 6.72. The molecule has 2 rings (SSSR count). The summed E-state index contributed by atoms with van der Waals surface area (Å²) in [6.07, 6.45) is 3.36. The SMILES string of the molecule is CC1CCCN(C(=O)CCNC(=O)CCCOc2ccccc2F)C1. The molecular formula is C19H27FN2O3. The normalized spacial score (nSPS) is 17.2. The molecule has 1 N–H and O–H groups in total. The van der Waals surface area contributed by atoms with E-state index in [0.717, 1.165) is 19.5 Å². The second-order valence-electron chi connectivity index (χ2n) is 6.57. The first-order valence-corrected chi connectivity index (χ1v) is 8.98. The summed E-state index contributed by atoms with van der Waals surface area (Å²) in [5, 5.41) is 2.76. The van der Waals surface area contributed by atoms with Crippen LogP contribution in [0.4, 0.5) is 4.39 Å². The first-order chi connectivity index (χ1) is 12.1. The topological polar surface area (TPSA) is 58.6 Å². The van der Waals surface area contributed by atoms with E-state index in [2.05, 4.69) is 12.2 Å². The fourth-order valence-corrected chi connectivity index (χ4v) is 2.95. The zero-order valence-corrected chi connectivity index (χ0v) is 14.8. The number of likely N-dealkylation sites (tertiary alicyclic amines) is 1. The van der Waals surface area contributed by atoms with Crippen LogP contribution in [0.3, 0.4) is 0 Å². The number of nitrogens with zero attached hydrogens (tertiary/aromatic N) is 1. The van der Waals surface area contributed by atoms with Crippen molar-refractivity contribution in [1.29, 1.82) is 0 Å². The average Bonchev–Trinajstić information content (AvgIpc) is 2.60. The molecule has 2 amide bonds. The van der Waals surface area contributed by atoms with Gasteiger partial charge in [-0.1, -0.05) is 19.1 Å². The lowest BCUT2D eigenvalue weighted by molar-refractivity contribution is -0.132. The fraction of sp³-hybridized carbons (Fsp3) is 0.579. The molecule has 6 heteroatoms. The maximum Gasteiger partial charge on any atom is 0.224 e. The van der Waals surface area contributed by atoms with Crippen molar-refractivity contribution in [2.45, 2.75) is 39.0 Å². The number of hydrogen-bond donors (Lipinski definition) is 1. The molecular weight excluding hydrogens is 323 g/mol. The Morgan fingerprint density at radius 1 is 1.32 bits per heavy atom. The molecule has 1 fully saturated rings. The lowest BCUT2D eigenvalue weighted by Crippen LogP contribution is -2.40. The maximum absolute atomic E-state index is 13.4. The number of hydrogen-bond acceptors (Lipinski definition) is 3. The zero-order valence-electron chi connectivity index (χ0n) is 14.8. The van der Waals surface area contributed by atoms with Crippen molar-refractivity contribution in [2.24, 2.45) is 5.92 Å². The number of nitrogens with one attached hydrogen (secondary N) is 1. The van der Waals surface area contributed by atoms with Crippen LogP contribution in [0.2, 0.25) is 0 Å². The minimum absolute atomic E-state index is 0.106. The molecule has 1 unspecified atom stereocenters. The number of rotatable bonds is 8. The van der Waals surface area contributed by atoms with Gasteiger partial charge in [-0.2, -0.15) is 0 Å². The van der Waals surface area contributed by atoms with E-state index in [0.29, 0.717) is 31.7 Å². The Morgan fingerprint density at radius 3 is 2.88 bits per heavy atom. The summed E-state index contributed by atoms with van der Waals surface area (Å²) >= 11 is 0. The lowest BCUT2D eigenvalue weighted by atomic mass is 10.00. The number of benzene rings is 1. The van der Waals surface area contributed by atoms with Crippen LogP contribution in [0.15, 0.2) is 24.3 Å². The van der Waals surface area contributed by atoms with Gasteiger partial charge in [-0.15, -0.1) is 0 Å². The fourth-order valence-electron chi connectivity index (χ4n) is 2.95. The molecule has 138 valence electrons. The van der Waals surface area contributed by atoms with Crippen molar-refractivity contribution in [2.75, 3.05) is 26.2 Å². The van der Waals surface area contributed by atoms with Crippen molar-refractivity contribution >= 4 is 11.8 Å². The predicted octanol–water partition coefficient (Wildman–Crippen LogP) is 2.75. The van der Waals surface area contributed by atoms with Crippen LogP contribution in [-0.2, 0) is 9.59 Å². The van der Waals surface area contributed by atoms with Gasteiger partial charge in [0, 0.05) is 32.5 Å². The van der Waals surface area contributed by atoms with Gasteiger partial charge in [0.15, 0.2) is 11.6 Å². The van der Waals surface area contributed by atoms with Crippen LogP contribution < -0.4 is 10.1 Å². The summed E-state index contributed by atoms with van der Waals surface area (Å²) in [5.74, 6) is 0.343. The van der Waals surface area contributed by atoms with Crippen LogP contribution in [0.1, 0.15) is 39.0 Å². The summed E-state index contributed by atoms with van der Waals surface area (Å²) in [6, 6.07) is 6.19. The number of piperidine rings is 1. The van der Waals surface area contributed by atoms with Gasteiger partial charge in [0.25, 0.3) is 0 Å². The van der Waals surface area contributed by atoms with Gasteiger partial charge in [0.05, 0.1) is 6.61 Å². The number of ether oxygens (including phenoxy) is 1. The molecule has 0 aromatic heterocycles. The molecule has 0 aliphatic carbocycles. The molecule has 1 saturated heterocycles. The number of amides is 2. The maximum atomic E-state index is 13.4. The molecule has 0 saturated carbocycles.